The Kier molecular flexibility index (Phi) is 5.48. The maximum atomic E-state index is 13.1. The Morgan fingerprint density at radius 1 is 0.655 bits per heavy atom. The van der Waals surface area contributed by atoms with Gasteiger partial charge in [0, 0.05) is 35.4 Å². The van der Waals surface area contributed by atoms with Gasteiger partial charge < -0.3 is 0 Å². The molecule has 0 bridgehead atoms. The van der Waals surface area contributed by atoms with E-state index in [4.69, 9.17) is 0 Å². The van der Waals surface area contributed by atoms with Crippen LogP contribution in [0.15, 0.2) is 109 Å². The van der Waals surface area contributed by atoms with Crippen LogP contribution in [0.5, 0.6) is 0 Å². The van der Waals surface area contributed by atoms with E-state index in [-0.39, 0.29) is 17.6 Å². The Labute approximate surface area is 170 Å². The number of carbonyl (C=O) groups is 2. The van der Waals surface area contributed by atoms with Crippen LogP contribution in [-0.4, -0.2) is 16.3 Å². The van der Waals surface area contributed by atoms with E-state index in [0.29, 0.717) is 17.5 Å². The molecule has 0 fully saturated rings. The van der Waals surface area contributed by atoms with Crippen LogP contribution < -0.4 is 0 Å². The molecule has 3 heteroatoms. The van der Waals surface area contributed by atoms with Crippen LogP contribution in [0.4, 0.5) is 0 Å². The topological polar surface area (TPSA) is 39.1 Å². The Bertz CT molecular complexity index is 1100. The number of rotatable bonds is 6. The highest BCUT2D eigenvalue weighted by Crippen LogP contribution is 2.30. The predicted molar refractivity (Wildman–Crippen MR) is 114 cm³/mol. The lowest BCUT2D eigenvalue weighted by atomic mass is 9.88. The van der Waals surface area contributed by atoms with Crippen molar-refractivity contribution in [3.8, 4) is 0 Å². The number of benzene rings is 3. The van der Waals surface area contributed by atoms with E-state index in [0.717, 1.165) is 11.3 Å². The molecular formula is C26H21NO2. The third-order valence-electron chi connectivity index (χ3n) is 5.06. The van der Waals surface area contributed by atoms with Crippen molar-refractivity contribution in [1.29, 1.82) is 0 Å². The summed E-state index contributed by atoms with van der Waals surface area (Å²) in [4.78, 5) is 26.1. The van der Waals surface area contributed by atoms with Crippen LogP contribution in [0.25, 0.3) is 0 Å². The Hall–Kier alpha value is -3.72. The summed E-state index contributed by atoms with van der Waals surface area (Å²) in [6.07, 6.45) is 2.06. The van der Waals surface area contributed by atoms with Crippen molar-refractivity contribution in [2.75, 3.05) is 0 Å². The van der Waals surface area contributed by atoms with Gasteiger partial charge in [0.05, 0.1) is 0 Å². The van der Waals surface area contributed by atoms with Gasteiger partial charge in [-0.2, -0.15) is 0 Å². The fourth-order valence-corrected chi connectivity index (χ4v) is 3.59. The van der Waals surface area contributed by atoms with Crippen molar-refractivity contribution in [1.82, 2.24) is 4.57 Å². The van der Waals surface area contributed by atoms with E-state index in [1.165, 1.54) is 0 Å². The minimum atomic E-state index is -0.216. The van der Waals surface area contributed by atoms with Crippen LogP contribution in [0, 0.1) is 0 Å². The molecule has 1 heterocycles. The molecule has 0 aliphatic rings. The largest absolute Gasteiger partial charge is 0.294 e. The molecule has 142 valence electrons. The zero-order chi connectivity index (χ0) is 20.1. The molecule has 0 N–H and O–H groups in total. The molecule has 0 radical (unpaired) electrons. The fourth-order valence-electron chi connectivity index (χ4n) is 3.59. The smallest absolute Gasteiger partial charge is 0.262 e. The number of nitrogens with zero attached hydrogens (tertiary/aromatic N) is 1. The summed E-state index contributed by atoms with van der Waals surface area (Å²) in [5.41, 5.74) is 3.12. The minimum absolute atomic E-state index is 0.0550. The number of aromatic nitrogens is 1. The fraction of sp³-hybridized carbons (Fsp3) is 0.0769. The second-order valence-electron chi connectivity index (χ2n) is 6.93. The average Bonchev–Trinajstić information content (AvgIpc) is 3.28. The average molecular weight is 379 g/mol. The number of Topliss-reactive ketones (excluding diaryl/α,β-unsaturated/α-hetero) is 1. The van der Waals surface area contributed by atoms with Gasteiger partial charge in [0.15, 0.2) is 5.78 Å². The summed E-state index contributed by atoms with van der Waals surface area (Å²) < 4.78 is 1.66. The van der Waals surface area contributed by atoms with E-state index >= 15 is 0 Å². The van der Waals surface area contributed by atoms with Gasteiger partial charge in [-0.1, -0.05) is 78.9 Å². The van der Waals surface area contributed by atoms with Gasteiger partial charge in [0.1, 0.15) is 0 Å². The van der Waals surface area contributed by atoms with Gasteiger partial charge in [-0.05, 0) is 29.8 Å². The molecule has 1 aromatic heterocycles. The number of carbonyl (C=O) groups excluding carboxylic acids is 2. The summed E-state index contributed by atoms with van der Waals surface area (Å²) in [7, 11) is 0. The van der Waals surface area contributed by atoms with E-state index < -0.39 is 0 Å². The lowest BCUT2D eigenvalue weighted by Crippen LogP contribution is -2.18. The molecule has 0 spiro atoms. The first-order valence-electron chi connectivity index (χ1n) is 9.64. The Morgan fingerprint density at radius 2 is 1.21 bits per heavy atom. The molecule has 0 aliphatic carbocycles. The predicted octanol–water partition coefficient (Wildman–Crippen LogP) is 5.58. The van der Waals surface area contributed by atoms with Crippen LogP contribution in [-0.2, 0) is 0 Å². The number of ketones is 1. The highest BCUT2D eigenvalue weighted by molar-refractivity contribution is 5.98. The van der Waals surface area contributed by atoms with Crippen molar-refractivity contribution in [3.05, 3.63) is 132 Å². The third-order valence-corrected chi connectivity index (χ3v) is 5.06. The Morgan fingerprint density at radius 3 is 1.83 bits per heavy atom. The summed E-state index contributed by atoms with van der Waals surface area (Å²) >= 11 is 0. The first kappa shape index (κ1) is 18.6. The van der Waals surface area contributed by atoms with Crippen molar-refractivity contribution < 1.29 is 9.59 Å². The van der Waals surface area contributed by atoms with Gasteiger partial charge in [0.25, 0.3) is 5.91 Å². The summed E-state index contributed by atoms with van der Waals surface area (Å²) in [6, 6.07) is 32.2. The van der Waals surface area contributed by atoms with Gasteiger partial charge >= 0.3 is 0 Å². The maximum Gasteiger partial charge on any atom is 0.262 e. The van der Waals surface area contributed by atoms with Crippen LogP contribution in [0.1, 0.15) is 44.3 Å². The van der Waals surface area contributed by atoms with Gasteiger partial charge in [-0.15, -0.1) is 0 Å². The zero-order valence-corrected chi connectivity index (χ0v) is 15.9. The van der Waals surface area contributed by atoms with Crippen LogP contribution in [0.2, 0.25) is 0 Å². The Balaban J connectivity index is 1.73. The van der Waals surface area contributed by atoms with Crippen molar-refractivity contribution in [2.45, 2.75) is 12.3 Å². The quantitative estimate of drug-likeness (QED) is 0.410. The third kappa shape index (κ3) is 4.09. The summed E-state index contributed by atoms with van der Waals surface area (Å²) in [6.45, 7) is 0. The van der Waals surface area contributed by atoms with Gasteiger partial charge in [-0.25, -0.2) is 0 Å². The molecule has 29 heavy (non-hydrogen) atoms. The van der Waals surface area contributed by atoms with Crippen molar-refractivity contribution >= 4 is 11.7 Å². The molecular weight excluding hydrogens is 358 g/mol. The second-order valence-corrected chi connectivity index (χ2v) is 6.93. The zero-order valence-electron chi connectivity index (χ0n) is 15.9. The van der Waals surface area contributed by atoms with E-state index in [9.17, 15) is 9.59 Å². The van der Waals surface area contributed by atoms with Gasteiger partial charge in [-0.3, -0.25) is 14.2 Å². The molecule has 1 unspecified atom stereocenters. The maximum absolute atomic E-state index is 13.1. The number of hydrogen-bond donors (Lipinski definition) is 0. The second kappa shape index (κ2) is 8.53. The van der Waals surface area contributed by atoms with Crippen LogP contribution in [0.3, 0.4) is 0 Å². The van der Waals surface area contributed by atoms with Crippen molar-refractivity contribution in [3.63, 3.8) is 0 Å². The molecule has 3 nitrogen and oxygen atoms in total. The van der Waals surface area contributed by atoms with Gasteiger partial charge in [0.2, 0.25) is 0 Å². The molecule has 4 rings (SSSR count). The molecule has 0 amide bonds. The van der Waals surface area contributed by atoms with E-state index in [2.05, 4.69) is 0 Å². The van der Waals surface area contributed by atoms with Crippen molar-refractivity contribution in [2.24, 2.45) is 0 Å². The van der Waals surface area contributed by atoms with E-state index in [1.54, 1.807) is 22.9 Å². The normalized spacial score (nSPS) is 11.7. The van der Waals surface area contributed by atoms with E-state index in [1.807, 2.05) is 91.0 Å². The molecule has 0 saturated carbocycles. The number of hydrogen-bond acceptors (Lipinski definition) is 2. The standard InChI is InChI=1S/C26H21NO2/c28-25(21-13-6-2-7-14-21)19-23(20-11-4-1-5-12-20)24-17-10-18-27(24)26(29)22-15-8-3-9-16-22/h1-18,23H,19H2. The highest BCUT2D eigenvalue weighted by atomic mass is 16.2. The monoisotopic (exact) mass is 379 g/mol. The lowest BCUT2D eigenvalue weighted by Gasteiger charge is -2.19. The first-order chi connectivity index (χ1) is 14.2. The lowest BCUT2D eigenvalue weighted by molar-refractivity contribution is 0.0943. The molecule has 0 aliphatic heterocycles. The molecule has 0 saturated heterocycles. The highest BCUT2D eigenvalue weighted by Gasteiger charge is 2.24. The first-order valence-corrected chi connectivity index (χ1v) is 9.64. The van der Waals surface area contributed by atoms with Crippen LogP contribution >= 0.6 is 0 Å². The SMILES string of the molecule is O=C(CC(c1ccccc1)c1cccn1C(=O)c1ccccc1)c1ccccc1. The molecule has 1 atom stereocenters. The molecule has 4 aromatic rings. The summed E-state index contributed by atoms with van der Waals surface area (Å²) in [5, 5.41) is 0. The molecule has 3 aromatic carbocycles. The summed E-state index contributed by atoms with van der Waals surface area (Å²) in [5.74, 6) is -0.260. The minimum Gasteiger partial charge on any atom is -0.294 e.